The standard InChI is InChI=1S/C13H21BrN2O3/c1-3-5-16-10-11(14)9-12(16)13(17)15-4-6-19-8-7-18-2/h9-10H,3-8H2,1-2H3,(H,15,17). The van der Waals surface area contributed by atoms with Crippen molar-refractivity contribution in [1.82, 2.24) is 9.88 Å². The Labute approximate surface area is 122 Å². The average Bonchev–Trinajstić information content (AvgIpc) is 2.75. The van der Waals surface area contributed by atoms with Gasteiger partial charge in [-0.05, 0) is 28.4 Å². The Hall–Kier alpha value is -0.850. The molecule has 1 N–H and O–H groups in total. The summed E-state index contributed by atoms with van der Waals surface area (Å²) in [5.74, 6) is -0.0745. The third-order valence-corrected chi connectivity index (χ3v) is 2.96. The molecule has 1 rings (SSSR count). The summed E-state index contributed by atoms with van der Waals surface area (Å²) in [5.41, 5.74) is 0.672. The molecule has 0 radical (unpaired) electrons. The minimum absolute atomic E-state index is 0.0745. The first kappa shape index (κ1) is 16.2. The molecule has 108 valence electrons. The summed E-state index contributed by atoms with van der Waals surface area (Å²) in [6.07, 6.45) is 2.91. The SMILES string of the molecule is CCCn1cc(Br)cc1C(=O)NCCOCCOC. The molecule has 0 aliphatic carbocycles. The molecule has 0 aliphatic heterocycles. The van der Waals surface area contributed by atoms with Gasteiger partial charge >= 0.3 is 0 Å². The van der Waals surface area contributed by atoms with Gasteiger partial charge < -0.3 is 19.4 Å². The number of nitrogens with one attached hydrogen (secondary N) is 1. The van der Waals surface area contributed by atoms with Crippen molar-refractivity contribution in [3.8, 4) is 0 Å². The van der Waals surface area contributed by atoms with Crippen LogP contribution in [0, 0.1) is 0 Å². The fraction of sp³-hybridized carbons (Fsp3) is 0.615. The lowest BCUT2D eigenvalue weighted by Gasteiger charge is -2.09. The molecule has 0 saturated carbocycles. The molecule has 1 aromatic heterocycles. The van der Waals surface area contributed by atoms with Gasteiger partial charge in [-0.2, -0.15) is 0 Å². The summed E-state index contributed by atoms with van der Waals surface area (Å²) in [7, 11) is 1.63. The summed E-state index contributed by atoms with van der Waals surface area (Å²) in [4.78, 5) is 12.0. The molecule has 0 bridgehead atoms. The maximum Gasteiger partial charge on any atom is 0.268 e. The molecule has 19 heavy (non-hydrogen) atoms. The monoisotopic (exact) mass is 332 g/mol. The number of rotatable bonds is 9. The van der Waals surface area contributed by atoms with E-state index < -0.39 is 0 Å². The zero-order valence-corrected chi connectivity index (χ0v) is 13.0. The second-order valence-corrected chi connectivity index (χ2v) is 5.01. The highest BCUT2D eigenvalue weighted by molar-refractivity contribution is 9.10. The first-order chi connectivity index (χ1) is 9.19. The normalized spacial score (nSPS) is 10.7. The van der Waals surface area contributed by atoms with E-state index in [0.717, 1.165) is 17.4 Å². The second kappa shape index (κ2) is 9.12. The van der Waals surface area contributed by atoms with Crippen LogP contribution in [-0.4, -0.2) is 43.9 Å². The summed E-state index contributed by atoms with van der Waals surface area (Å²) >= 11 is 3.39. The first-order valence-corrected chi connectivity index (χ1v) is 7.19. The van der Waals surface area contributed by atoms with E-state index in [1.165, 1.54) is 0 Å². The third kappa shape index (κ3) is 5.76. The molecule has 1 aromatic rings. The number of halogens is 1. The summed E-state index contributed by atoms with van der Waals surface area (Å²) in [6.45, 7) is 5.02. The third-order valence-electron chi connectivity index (χ3n) is 2.52. The smallest absolute Gasteiger partial charge is 0.268 e. The number of carbonyl (C=O) groups is 1. The van der Waals surface area contributed by atoms with Crippen LogP contribution < -0.4 is 5.32 Å². The highest BCUT2D eigenvalue weighted by Crippen LogP contribution is 2.15. The average molecular weight is 333 g/mol. The van der Waals surface area contributed by atoms with E-state index in [1.54, 1.807) is 7.11 Å². The number of aromatic nitrogens is 1. The van der Waals surface area contributed by atoms with Gasteiger partial charge in [0, 0.05) is 30.9 Å². The number of nitrogens with zero attached hydrogens (tertiary/aromatic N) is 1. The maximum absolute atomic E-state index is 12.0. The topological polar surface area (TPSA) is 52.5 Å². The van der Waals surface area contributed by atoms with E-state index in [4.69, 9.17) is 9.47 Å². The van der Waals surface area contributed by atoms with Crippen LogP contribution in [0.4, 0.5) is 0 Å². The van der Waals surface area contributed by atoms with Crippen LogP contribution in [0.5, 0.6) is 0 Å². The van der Waals surface area contributed by atoms with Crippen LogP contribution in [0.1, 0.15) is 23.8 Å². The fourth-order valence-corrected chi connectivity index (χ4v) is 2.13. The summed E-state index contributed by atoms with van der Waals surface area (Å²) < 4.78 is 13.0. The van der Waals surface area contributed by atoms with E-state index in [-0.39, 0.29) is 5.91 Å². The zero-order chi connectivity index (χ0) is 14.1. The number of hydrogen-bond donors (Lipinski definition) is 1. The van der Waals surface area contributed by atoms with Crippen LogP contribution in [0.2, 0.25) is 0 Å². The van der Waals surface area contributed by atoms with E-state index in [9.17, 15) is 4.79 Å². The highest BCUT2D eigenvalue weighted by atomic mass is 79.9. The van der Waals surface area contributed by atoms with Crippen LogP contribution in [-0.2, 0) is 16.0 Å². The van der Waals surface area contributed by atoms with Crippen molar-refractivity contribution in [2.24, 2.45) is 0 Å². The van der Waals surface area contributed by atoms with E-state index in [0.29, 0.717) is 32.1 Å². The maximum atomic E-state index is 12.0. The van der Waals surface area contributed by atoms with Crippen molar-refractivity contribution >= 4 is 21.8 Å². The van der Waals surface area contributed by atoms with Crippen molar-refractivity contribution < 1.29 is 14.3 Å². The molecule has 0 fully saturated rings. The molecule has 6 heteroatoms. The number of hydrogen-bond acceptors (Lipinski definition) is 3. The summed E-state index contributed by atoms with van der Waals surface area (Å²) in [5, 5.41) is 2.84. The number of methoxy groups -OCH3 is 1. The van der Waals surface area contributed by atoms with Gasteiger partial charge in [0.15, 0.2) is 0 Å². The van der Waals surface area contributed by atoms with Gasteiger partial charge in [0.1, 0.15) is 5.69 Å². The zero-order valence-electron chi connectivity index (χ0n) is 11.4. The Morgan fingerprint density at radius 2 is 2.21 bits per heavy atom. The number of aryl methyl sites for hydroxylation is 1. The molecule has 0 aliphatic rings. The molecule has 1 heterocycles. The summed E-state index contributed by atoms with van der Waals surface area (Å²) in [6, 6.07) is 1.83. The Morgan fingerprint density at radius 3 is 2.89 bits per heavy atom. The van der Waals surface area contributed by atoms with Crippen molar-refractivity contribution in [3.05, 3.63) is 22.4 Å². The lowest BCUT2D eigenvalue weighted by molar-refractivity contribution is 0.0691. The molecule has 0 atom stereocenters. The Balaban J connectivity index is 2.36. The largest absolute Gasteiger partial charge is 0.382 e. The minimum atomic E-state index is -0.0745. The molecule has 5 nitrogen and oxygen atoms in total. The van der Waals surface area contributed by atoms with Crippen LogP contribution in [0.25, 0.3) is 0 Å². The predicted molar refractivity (Wildman–Crippen MR) is 77.5 cm³/mol. The van der Waals surface area contributed by atoms with Gasteiger partial charge in [-0.25, -0.2) is 0 Å². The van der Waals surface area contributed by atoms with Crippen molar-refractivity contribution in [3.63, 3.8) is 0 Å². The Morgan fingerprint density at radius 1 is 1.42 bits per heavy atom. The lowest BCUT2D eigenvalue weighted by atomic mass is 10.3. The van der Waals surface area contributed by atoms with Gasteiger partial charge in [0.05, 0.1) is 19.8 Å². The quantitative estimate of drug-likeness (QED) is 0.704. The van der Waals surface area contributed by atoms with Gasteiger partial charge in [0.2, 0.25) is 0 Å². The molecule has 0 saturated heterocycles. The molecular weight excluding hydrogens is 312 g/mol. The number of amides is 1. The van der Waals surface area contributed by atoms with Crippen molar-refractivity contribution in [2.75, 3.05) is 33.5 Å². The van der Waals surface area contributed by atoms with Gasteiger partial charge in [-0.3, -0.25) is 4.79 Å². The Kier molecular flexibility index (Phi) is 7.78. The number of carbonyl (C=O) groups excluding carboxylic acids is 1. The number of ether oxygens (including phenoxy) is 2. The van der Waals surface area contributed by atoms with Crippen molar-refractivity contribution in [1.29, 1.82) is 0 Å². The molecule has 0 spiro atoms. The van der Waals surface area contributed by atoms with Gasteiger partial charge in [-0.15, -0.1) is 0 Å². The second-order valence-electron chi connectivity index (χ2n) is 4.10. The van der Waals surface area contributed by atoms with E-state index in [2.05, 4.69) is 28.2 Å². The highest BCUT2D eigenvalue weighted by Gasteiger charge is 2.11. The van der Waals surface area contributed by atoms with Gasteiger partial charge in [0.25, 0.3) is 5.91 Å². The lowest BCUT2D eigenvalue weighted by Crippen LogP contribution is -2.29. The minimum Gasteiger partial charge on any atom is -0.382 e. The fourth-order valence-electron chi connectivity index (χ4n) is 1.66. The van der Waals surface area contributed by atoms with Crippen molar-refractivity contribution in [2.45, 2.75) is 19.9 Å². The van der Waals surface area contributed by atoms with Gasteiger partial charge in [-0.1, -0.05) is 6.92 Å². The molecule has 1 amide bonds. The molecular formula is C13H21BrN2O3. The van der Waals surface area contributed by atoms with E-state index >= 15 is 0 Å². The molecule has 0 aromatic carbocycles. The van der Waals surface area contributed by atoms with Crippen LogP contribution in [0.3, 0.4) is 0 Å². The Bertz CT molecular complexity index is 393. The van der Waals surface area contributed by atoms with Crippen LogP contribution in [0.15, 0.2) is 16.7 Å². The predicted octanol–water partition coefficient (Wildman–Crippen LogP) is 2.05. The van der Waals surface area contributed by atoms with E-state index in [1.807, 2.05) is 16.8 Å². The first-order valence-electron chi connectivity index (χ1n) is 6.39. The van der Waals surface area contributed by atoms with Crippen LogP contribution >= 0.6 is 15.9 Å². The molecule has 0 unspecified atom stereocenters.